The zero-order chi connectivity index (χ0) is 19.9. The maximum Gasteiger partial charge on any atom is 0.257 e. The SMILES string of the molecule is COc1cc2c(cc1OC)CN(CCNC(=O)COc1ccc(Cl)cc1)CC2. The van der Waals surface area contributed by atoms with E-state index < -0.39 is 0 Å². The van der Waals surface area contributed by atoms with Gasteiger partial charge in [-0.15, -0.1) is 0 Å². The van der Waals surface area contributed by atoms with Crippen molar-refractivity contribution in [3.63, 3.8) is 0 Å². The van der Waals surface area contributed by atoms with Gasteiger partial charge in [-0.25, -0.2) is 0 Å². The fourth-order valence-electron chi connectivity index (χ4n) is 3.22. The Morgan fingerprint density at radius 3 is 2.46 bits per heavy atom. The van der Waals surface area contributed by atoms with E-state index in [-0.39, 0.29) is 12.5 Å². The number of hydrogen-bond donors (Lipinski definition) is 1. The molecule has 6 nitrogen and oxygen atoms in total. The summed E-state index contributed by atoms with van der Waals surface area (Å²) in [6, 6.07) is 11.0. The molecule has 0 saturated heterocycles. The summed E-state index contributed by atoms with van der Waals surface area (Å²) in [4.78, 5) is 14.3. The summed E-state index contributed by atoms with van der Waals surface area (Å²) < 4.78 is 16.2. The minimum Gasteiger partial charge on any atom is -0.493 e. The first kappa shape index (κ1) is 20.3. The zero-order valence-electron chi connectivity index (χ0n) is 16.2. The van der Waals surface area contributed by atoms with Gasteiger partial charge in [-0.2, -0.15) is 0 Å². The molecule has 28 heavy (non-hydrogen) atoms. The molecule has 1 heterocycles. The topological polar surface area (TPSA) is 60.0 Å². The first-order valence-corrected chi connectivity index (χ1v) is 9.58. The van der Waals surface area contributed by atoms with Gasteiger partial charge in [0.15, 0.2) is 18.1 Å². The van der Waals surface area contributed by atoms with Gasteiger partial charge in [0.2, 0.25) is 0 Å². The Balaban J connectivity index is 1.43. The van der Waals surface area contributed by atoms with Crippen LogP contribution in [-0.2, 0) is 17.8 Å². The quantitative estimate of drug-likeness (QED) is 0.733. The Morgan fingerprint density at radius 1 is 1.11 bits per heavy atom. The van der Waals surface area contributed by atoms with Crippen molar-refractivity contribution >= 4 is 17.5 Å². The zero-order valence-corrected chi connectivity index (χ0v) is 16.9. The predicted octanol–water partition coefficient (Wildman–Crippen LogP) is 2.91. The lowest BCUT2D eigenvalue weighted by atomic mass is 9.99. The van der Waals surface area contributed by atoms with Crippen LogP contribution in [0.3, 0.4) is 0 Å². The van der Waals surface area contributed by atoms with Gasteiger partial charge in [0.05, 0.1) is 14.2 Å². The normalized spacial score (nSPS) is 13.5. The molecule has 0 spiro atoms. The Hall–Kier alpha value is -2.44. The summed E-state index contributed by atoms with van der Waals surface area (Å²) in [5, 5.41) is 3.54. The maximum absolute atomic E-state index is 12.0. The maximum atomic E-state index is 12.0. The first-order chi connectivity index (χ1) is 13.6. The van der Waals surface area contributed by atoms with E-state index in [0.717, 1.165) is 37.6 Å². The van der Waals surface area contributed by atoms with E-state index in [1.54, 1.807) is 38.5 Å². The third-order valence-corrected chi connectivity index (χ3v) is 4.98. The Labute approximate surface area is 170 Å². The minimum absolute atomic E-state index is 0.0124. The van der Waals surface area contributed by atoms with E-state index in [1.807, 2.05) is 6.07 Å². The highest BCUT2D eigenvalue weighted by molar-refractivity contribution is 6.30. The van der Waals surface area contributed by atoms with Crippen LogP contribution in [0.15, 0.2) is 36.4 Å². The molecule has 1 aliphatic rings. The monoisotopic (exact) mass is 404 g/mol. The number of halogens is 1. The van der Waals surface area contributed by atoms with Gasteiger partial charge in [0, 0.05) is 31.2 Å². The highest BCUT2D eigenvalue weighted by atomic mass is 35.5. The first-order valence-electron chi connectivity index (χ1n) is 9.20. The van der Waals surface area contributed by atoms with Crippen molar-refractivity contribution in [2.45, 2.75) is 13.0 Å². The van der Waals surface area contributed by atoms with Gasteiger partial charge in [-0.1, -0.05) is 11.6 Å². The van der Waals surface area contributed by atoms with Crippen LogP contribution in [0.25, 0.3) is 0 Å². The molecule has 150 valence electrons. The number of amides is 1. The van der Waals surface area contributed by atoms with Crippen molar-refractivity contribution in [2.75, 3.05) is 40.5 Å². The Kier molecular flexibility index (Phi) is 7.01. The fraction of sp³-hybridized carbons (Fsp3) is 0.381. The average Bonchev–Trinajstić information content (AvgIpc) is 2.72. The molecule has 0 unspecified atom stereocenters. The lowest BCUT2D eigenvalue weighted by Crippen LogP contribution is -2.39. The molecular weight excluding hydrogens is 380 g/mol. The van der Waals surface area contributed by atoms with E-state index in [0.29, 0.717) is 17.3 Å². The number of carbonyl (C=O) groups is 1. The van der Waals surface area contributed by atoms with Gasteiger partial charge >= 0.3 is 0 Å². The van der Waals surface area contributed by atoms with Crippen molar-refractivity contribution in [1.29, 1.82) is 0 Å². The molecule has 7 heteroatoms. The fourth-order valence-corrected chi connectivity index (χ4v) is 3.34. The van der Waals surface area contributed by atoms with Crippen molar-refractivity contribution in [3.05, 3.63) is 52.5 Å². The number of carbonyl (C=O) groups excluding carboxylic acids is 1. The van der Waals surface area contributed by atoms with E-state index in [1.165, 1.54) is 11.1 Å². The summed E-state index contributed by atoms with van der Waals surface area (Å²) in [6.45, 7) is 3.11. The molecule has 0 fully saturated rings. The number of nitrogens with one attached hydrogen (secondary N) is 1. The Bertz CT molecular complexity index is 811. The van der Waals surface area contributed by atoms with Gasteiger partial charge < -0.3 is 19.5 Å². The smallest absolute Gasteiger partial charge is 0.257 e. The number of hydrogen-bond acceptors (Lipinski definition) is 5. The number of fused-ring (bicyclic) bond motifs is 1. The molecule has 1 amide bonds. The number of benzene rings is 2. The molecule has 0 aromatic heterocycles. The average molecular weight is 405 g/mol. The number of methoxy groups -OCH3 is 2. The van der Waals surface area contributed by atoms with Crippen LogP contribution in [0.2, 0.25) is 5.02 Å². The standard InChI is InChI=1S/C21H25ClN2O4/c1-26-19-11-15-7-9-24(13-16(15)12-20(19)27-2)10-8-23-21(25)14-28-18-5-3-17(22)4-6-18/h3-6,11-12H,7-10,13-14H2,1-2H3,(H,23,25). The summed E-state index contributed by atoms with van der Waals surface area (Å²) in [6.07, 6.45) is 0.948. The molecule has 1 N–H and O–H groups in total. The summed E-state index contributed by atoms with van der Waals surface area (Å²) in [7, 11) is 3.30. The summed E-state index contributed by atoms with van der Waals surface area (Å²) >= 11 is 5.83. The van der Waals surface area contributed by atoms with Crippen LogP contribution in [0.1, 0.15) is 11.1 Å². The molecule has 3 rings (SSSR count). The molecule has 0 radical (unpaired) electrons. The Morgan fingerprint density at radius 2 is 1.79 bits per heavy atom. The van der Waals surface area contributed by atoms with Crippen molar-refractivity contribution < 1.29 is 19.0 Å². The van der Waals surface area contributed by atoms with E-state index in [4.69, 9.17) is 25.8 Å². The number of ether oxygens (including phenoxy) is 3. The van der Waals surface area contributed by atoms with Gasteiger partial charge in [0.1, 0.15) is 5.75 Å². The third kappa shape index (κ3) is 5.30. The molecule has 1 aliphatic heterocycles. The van der Waals surface area contributed by atoms with E-state index in [9.17, 15) is 4.79 Å². The van der Waals surface area contributed by atoms with Crippen molar-refractivity contribution in [1.82, 2.24) is 10.2 Å². The largest absolute Gasteiger partial charge is 0.493 e. The highest BCUT2D eigenvalue weighted by Gasteiger charge is 2.19. The molecule has 2 aromatic carbocycles. The predicted molar refractivity (Wildman–Crippen MR) is 108 cm³/mol. The van der Waals surface area contributed by atoms with Gasteiger partial charge in [-0.05, 0) is 53.9 Å². The lowest BCUT2D eigenvalue weighted by molar-refractivity contribution is -0.123. The molecule has 0 bridgehead atoms. The molecule has 0 atom stereocenters. The second-order valence-electron chi connectivity index (χ2n) is 6.59. The van der Waals surface area contributed by atoms with Crippen LogP contribution < -0.4 is 19.5 Å². The number of nitrogens with zero attached hydrogens (tertiary/aromatic N) is 1. The molecular formula is C21H25ClN2O4. The van der Waals surface area contributed by atoms with Crippen LogP contribution in [0.4, 0.5) is 0 Å². The van der Waals surface area contributed by atoms with E-state index >= 15 is 0 Å². The van der Waals surface area contributed by atoms with Gasteiger partial charge in [0.25, 0.3) is 5.91 Å². The minimum atomic E-state index is -0.140. The van der Waals surface area contributed by atoms with Crippen LogP contribution >= 0.6 is 11.6 Å². The van der Waals surface area contributed by atoms with Crippen molar-refractivity contribution in [3.8, 4) is 17.2 Å². The highest BCUT2D eigenvalue weighted by Crippen LogP contribution is 2.33. The van der Waals surface area contributed by atoms with Gasteiger partial charge in [-0.3, -0.25) is 9.69 Å². The van der Waals surface area contributed by atoms with Crippen LogP contribution in [0.5, 0.6) is 17.2 Å². The second-order valence-corrected chi connectivity index (χ2v) is 7.03. The second kappa shape index (κ2) is 9.66. The number of rotatable bonds is 8. The summed E-state index contributed by atoms with van der Waals surface area (Å²) in [5.41, 5.74) is 2.52. The summed E-state index contributed by atoms with van der Waals surface area (Å²) in [5.74, 6) is 1.99. The molecule has 0 saturated carbocycles. The van der Waals surface area contributed by atoms with Crippen LogP contribution in [0, 0.1) is 0 Å². The van der Waals surface area contributed by atoms with Crippen molar-refractivity contribution in [2.24, 2.45) is 0 Å². The van der Waals surface area contributed by atoms with Crippen LogP contribution in [-0.4, -0.2) is 51.3 Å². The molecule has 2 aromatic rings. The lowest BCUT2D eigenvalue weighted by Gasteiger charge is -2.29. The van der Waals surface area contributed by atoms with E-state index in [2.05, 4.69) is 16.3 Å². The molecule has 0 aliphatic carbocycles. The third-order valence-electron chi connectivity index (χ3n) is 4.73.